The van der Waals surface area contributed by atoms with Gasteiger partial charge in [-0.05, 0) is 24.6 Å². The first-order chi connectivity index (χ1) is 7.67. The first kappa shape index (κ1) is 13.3. The standard InChI is InChI=1S/C12H18ClNO2/c1-9-4-5-10(6-12(9)13)14-7-11(16-3)8-15-2/h4-6,11,14H,7-8H2,1-3H3. The van der Waals surface area contributed by atoms with Crippen molar-refractivity contribution in [2.45, 2.75) is 13.0 Å². The van der Waals surface area contributed by atoms with E-state index in [2.05, 4.69) is 5.32 Å². The molecular weight excluding hydrogens is 226 g/mol. The maximum atomic E-state index is 6.03. The number of methoxy groups -OCH3 is 2. The van der Waals surface area contributed by atoms with Crippen LogP contribution in [0, 0.1) is 6.92 Å². The molecule has 1 unspecified atom stereocenters. The van der Waals surface area contributed by atoms with Gasteiger partial charge in [-0.2, -0.15) is 0 Å². The molecule has 90 valence electrons. The number of nitrogens with one attached hydrogen (secondary N) is 1. The molecule has 0 radical (unpaired) electrons. The number of rotatable bonds is 6. The Morgan fingerprint density at radius 2 is 2.12 bits per heavy atom. The minimum Gasteiger partial charge on any atom is -0.382 e. The van der Waals surface area contributed by atoms with E-state index in [1.807, 2.05) is 25.1 Å². The average Bonchev–Trinajstić information content (AvgIpc) is 2.28. The first-order valence-electron chi connectivity index (χ1n) is 5.19. The third-order valence-electron chi connectivity index (χ3n) is 2.39. The maximum absolute atomic E-state index is 6.03. The summed E-state index contributed by atoms with van der Waals surface area (Å²) in [4.78, 5) is 0. The van der Waals surface area contributed by atoms with Crippen LogP contribution in [0.15, 0.2) is 18.2 Å². The SMILES string of the molecule is COCC(CNc1ccc(C)c(Cl)c1)OC. The third-order valence-corrected chi connectivity index (χ3v) is 2.80. The zero-order chi connectivity index (χ0) is 12.0. The minimum atomic E-state index is 0.0464. The lowest BCUT2D eigenvalue weighted by molar-refractivity contribution is 0.0365. The van der Waals surface area contributed by atoms with Crippen LogP contribution in [0.3, 0.4) is 0 Å². The highest BCUT2D eigenvalue weighted by molar-refractivity contribution is 6.31. The fourth-order valence-corrected chi connectivity index (χ4v) is 1.51. The van der Waals surface area contributed by atoms with E-state index >= 15 is 0 Å². The number of anilines is 1. The topological polar surface area (TPSA) is 30.5 Å². The zero-order valence-corrected chi connectivity index (χ0v) is 10.7. The molecule has 0 aliphatic carbocycles. The van der Waals surface area contributed by atoms with Crippen LogP contribution in [-0.4, -0.2) is 33.5 Å². The number of benzene rings is 1. The van der Waals surface area contributed by atoms with Crippen LogP contribution in [0.5, 0.6) is 0 Å². The van der Waals surface area contributed by atoms with Crippen LogP contribution >= 0.6 is 11.6 Å². The van der Waals surface area contributed by atoms with Gasteiger partial charge in [0.05, 0.1) is 12.7 Å². The molecule has 3 nitrogen and oxygen atoms in total. The molecule has 1 aromatic carbocycles. The van der Waals surface area contributed by atoms with E-state index in [1.54, 1.807) is 14.2 Å². The van der Waals surface area contributed by atoms with Gasteiger partial charge in [0.25, 0.3) is 0 Å². The summed E-state index contributed by atoms with van der Waals surface area (Å²) in [6.45, 7) is 3.25. The Labute approximate surface area is 102 Å². The molecule has 1 rings (SSSR count). The van der Waals surface area contributed by atoms with Gasteiger partial charge in [-0.15, -0.1) is 0 Å². The quantitative estimate of drug-likeness (QED) is 0.834. The maximum Gasteiger partial charge on any atom is 0.0976 e. The molecule has 0 bridgehead atoms. The Morgan fingerprint density at radius 1 is 1.38 bits per heavy atom. The molecule has 0 aliphatic heterocycles. The fourth-order valence-electron chi connectivity index (χ4n) is 1.33. The van der Waals surface area contributed by atoms with Crippen LogP contribution in [-0.2, 0) is 9.47 Å². The van der Waals surface area contributed by atoms with Crippen molar-refractivity contribution in [1.29, 1.82) is 0 Å². The van der Waals surface area contributed by atoms with Crippen LogP contribution in [0.4, 0.5) is 5.69 Å². The summed E-state index contributed by atoms with van der Waals surface area (Å²) in [5.74, 6) is 0. The summed E-state index contributed by atoms with van der Waals surface area (Å²) in [5, 5.41) is 4.03. The first-order valence-corrected chi connectivity index (χ1v) is 5.57. The van der Waals surface area contributed by atoms with E-state index in [4.69, 9.17) is 21.1 Å². The summed E-state index contributed by atoms with van der Waals surface area (Å²) in [6.07, 6.45) is 0.0464. The lowest BCUT2D eigenvalue weighted by Crippen LogP contribution is -2.26. The lowest BCUT2D eigenvalue weighted by Gasteiger charge is -2.16. The molecule has 16 heavy (non-hydrogen) atoms. The predicted octanol–water partition coefficient (Wildman–Crippen LogP) is 2.72. The van der Waals surface area contributed by atoms with Gasteiger partial charge in [0.2, 0.25) is 0 Å². The largest absolute Gasteiger partial charge is 0.382 e. The Bertz CT molecular complexity index is 331. The van der Waals surface area contributed by atoms with Crippen molar-refractivity contribution in [1.82, 2.24) is 0 Å². The number of hydrogen-bond donors (Lipinski definition) is 1. The van der Waals surface area contributed by atoms with Crippen molar-refractivity contribution in [3.8, 4) is 0 Å². The molecule has 0 aliphatic rings. The molecule has 0 aromatic heterocycles. The molecule has 0 fully saturated rings. The van der Waals surface area contributed by atoms with E-state index in [-0.39, 0.29) is 6.10 Å². The highest BCUT2D eigenvalue weighted by atomic mass is 35.5. The Hall–Kier alpha value is -0.770. The summed E-state index contributed by atoms with van der Waals surface area (Å²) < 4.78 is 10.3. The average molecular weight is 244 g/mol. The second-order valence-corrected chi connectivity index (χ2v) is 4.07. The monoisotopic (exact) mass is 243 g/mol. The summed E-state index contributed by atoms with van der Waals surface area (Å²) in [6, 6.07) is 5.90. The Balaban J connectivity index is 2.50. The second kappa shape index (κ2) is 6.74. The van der Waals surface area contributed by atoms with Crippen LogP contribution in [0.2, 0.25) is 5.02 Å². The van der Waals surface area contributed by atoms with E-state index in [0.717, 1.165) is 16.3 Å². The van der Waals surface area contributed by atoms with Gasteiger partial charge in [-0.3, -0.25) is 0 Å². The zero-order valence-electron chi connectivity index (χ0n) is 9.92. The minimum absolute atomic E-state index is 0.0464. The smallest absolute Gasteiger partial charge is 0.0976 e. The molecule has 1 aromatic rings. The normalized spacial score (nSPS) is 12.5. The Kier molecular flexibility index (Phi) is 5.60. The van der Waals surface area contributed by atoms with E-state index < -0.39 is 0 Å². The Morgan fingerprint density at radius 3 is 2.69 bits per heavy atom. The lowest BCUT2D eigenvalue weighted by atomic mass is 10.2. The van der Waals surface area contributed by atoms with Gasteiger partial charge < -0.3 is 14.8 Å². The van der Waals surface area contributed by atoms with Crippen molar-refractivity contribution in [3.63, 3.8) is 0 Å². The molecule has 0 saturated heterocycles. The van der Waals surface area contributed by atoms with Crippen molar-refractivity contribution in [2.24, 2.45) is 0 Å². The van der Waals surface area contributed by atoms with Gasteiger partial charge in [0, 0.05) is 31.5 Å². The van der Waals surface area contributed by atoms with E-state index in [9.17, 15) is 0 Å². The number of hydrogen-bond acceptors (Lipinski definition) is 3. The number of aryl methyl sites for hydroxylation is 1. The van der Waals surface area contributed by atoms with Gasteiger partial charge in [0.1, 0.15) is 0 Å². The number of ether oxygens (including phenoxy) is 2. The number of halogens is 1. The molecule has 0 heterocycles. The molecule has 0 spiro atoms. The molecule has 0 amide bonds. The van der Waals surface area contributed by atoms with Gasteiger partial charge in [-0.25, -0.2) is 0 Å². The molecule has 4 heteroatoms. The van der Waals surface area contributed by atoms with Gasteiger partial charge >= 0.3 is 0 Å². The molecular formula is C12H18ClNO2. The highest BCUT2D eigenvalue weighted by Crippen LogP contribution is 2.19. The van der Waals surface area contributed by atoms with E-state index in [0.29, 0.717) is 13.2 Å². The van der Waals surface area contributed by atoms with Crippen molar-refractivity contribution in [2.75, 3.05) is 32.7 Å². The van der Waals surface area contributed by atoms with Crippen LogP contribution < -0.4 is 5.32 Å². The van der Waals surface area contributed by atoms with Gasteiger partial charge in [0.15, 0.2) is 0 Å². The second-order valence-electron chi connectivity index (χ2n) is 3.66. The molecule has 1 atom stereocenters. The third kappa shape index (κ3) is 4.00. The van der Waals surface area contributed by atoms with Crippen molar-refractivity contribution < 1.29 is 9.47 Å². The highest BCUT2D eigenvalue weighted by Gasteiger charge is 2.06. The summed E-state index contributed by atoms with van der Waals surface area (Å²) in [7, 11) is 3.34. The van der Waals surface area contributed by atoms with E-state index in [1.165, 1.54) is 0 Å². The molecule has 0 saturated carbocycles. The van der Waals surface area contributed by atoms with Gasteiger partial charge in [-0.1, -0.05) is 17.7 Å². The summed E-state index contributed by atoms with van der Waals surface area (Å²) in [5.41, 5.74) is 2.07. The molecule has 1 N–H and O–H groups in total. The van der Waals surface area contributed by atoms with Crippen molar-refractivity contribution >= 4 is 17.3 Å². The van der Waals surface area contributed by atoms with Crippen LogP contribution in [0.1, 0.15) is 5.56 Å². The van der Waals surface area contributed by atoms with Crippen molar-refractivity contribution in [3.05, 3.63) is 28.8 Å². The van der Waals surface area contributed by atoms with Crippen LogP contribution in [0.25, 0.3) is 0 Å². The predicted molar refractivity (Wildman–Crippen MR) is 67.4 cm³/mol. The summed E-state index contributed by atoms with van der Waals surface area (Å²) >= 11 is 6.03. The fraction of sp³-hybridized carbons (Fsp3) is 0.500.